The Bertz CT molecular complexity index is 233. The number of nitrogens with one attached hydrogen (secondary N) is 1. The van der Waals surface area contributed by atoms with Crippen LogP contribution in [0.3, 0.4) is 0 Å². The Morgan fingerprint density at radius 3 is 2.31 bits per heavy atom. The van der Waals surface area contributed by atoms with Gasteiger partial charge in [-0.2, -0.15) is 0 Å². The highest BCUT2D eigenvalue weighted by Crippen LogP contribution is 2.23. The largest absolute Gasteiger partial charge is 0.394 e. The molecule has 0 bridgehead atoms. The predicted molar refractivity (Wildman–Crippen MR) is 54.6 cm³/mol. The quantitative estimate of drug-likeness (QED) is 0.734. The van der Waals surface area contributed by atoms with Crippen molar-refractivity contribution in [2.75, 3.05) is 13.7 Å². The summed E-state index contributed by atoms with van der Waals surface area (Å²) in [5.74, 6) is 0. The summed E-state index contributed by atoms with van der Waals surface area (Å²) >= 11 is 0. The molecule has 72 valence electrons. The Labute approximate surface area is 79.6 Å². The molecule has 0 radical (unpaired) electrons. The van der Waals surface area contributed by atoms with Gasteiger partial charge in [0.2, 0.25) is 0 Å². The van der Waals surface area contributed by atoms with Crippen molar-refractivity contribution in [2.45, 2.75) is 18.9 Å². The monoisotopic (exact) mass is 179 g/mol. The number of hydrogen-bond donors (Lipinski definition) is 2. The molecule has 0 saturated carbocycles. The third-order valence-corrected chi connectivity index (χ3v) is 2.68. The van der Waals surface area contributed by atoms with Crippen molar-refractivity contribution < 1.29 is 5.11 Å². The van der Waals surface area contributed by atoms with Gasteiger partial charge in [-0.3, -0.25) is 0 Å². The molecule has 0 spiro atoms. The molecule has 0 amide bonds. The first-order valence-corrected chi connectivity index (χ1v) is 4.64. The smallest absolute Gasteiger partial charge is 0.0664 e. The number of likely N-dealkylation sites (N-methyl/N-ethyl adjacent to an activating group) is 1. The van der Waals surface area contributed by atoms with Gasteiger partial charge in [0.25, 0.3) is 0 Å². The predicted octanol–water partition coefficient (Wildman–Crippen LogP) is 1.50. The number of aliphatic hydroxyl groups is 1. The summed E-state index contributed by atoms with van der Waals surface area (Å²) in [5, 5.41) is 12.5. The van der Waals surface area contributed by atoms with Crippen LogP contribution in [0.2, 0.25) is 0 Å². The molecule has 2 nitrogen and oxygen atoms in total. The average molecular weight is 179 g/mol. The van der Waals surface area contributed by atoms with Gasteiger partial charge in [-0.1, -0.05) is 37.3 Å². The lowest BCUT2D eigenvalue weighted by Crippen LogP contribution is -2.42. The van der Waals surface area contributed by atoms with E-state index in [2.05, 4.69) is 12.2 Å². The van der Waals surface area contributed by atoms with E-state index in [0.29, 0.717) is 0 Å². The van der Waals surface area contributed by atoms with E-state index in [1.807, 2.05) is 37.4 Å². The zero-order chi connectivity index (χ0) is 9.73. The Morgan fingerprint density at radius 1 is 1.31 bits per heavy atom. The molecule has 0 aliphatic carbocycles. The molecule has 1 aromatic rings. The molecule has 1 rings (SSSR count). The summed E-state index contributed by atoms with van der Waals surface area (Å²) in [6, 6.07) is 10.0. The molecule has 0 aromatic heterocycles. The minimum absolute atomic E-state index is 0.129. The molecule has 0 aliphatic heterocycles. The molecule has 0 unspecified atom stereocenters. The van der Waals surface area contributed by atoms with E-state index in [4.69, 9.17) is 0 Å². The second kappa shape index (κ2) is 4.40. The number of aliphatic hydroxyl groups excluding tert-OH is 1. The molecule has 0 aliphatic rings. The van der Waals surface area contributed by atoms with E-state index in [1.165, 1.54) is 0 Å². The van der Waals surface area contributed by atoms with Crippen LogP contribution < -0.4 is 5.32 Å². The molecular formula is C11H17NO. The first kappa shape index (κ1) is 10.2. The van der Waals surface area contributed by atoms with E-state index < -0.39 is 0 Å². The zero-order valence-corrected chi connectivity index (χ0v) is 8.25. The summed E-state index contributed by atoms with van der Waals surface area (Å²) < 4.78 is 0. The summed E-state index contributed by atoms with van der Waals surface area (Å²) in [6.45, 7) is 2.20. The second-order valence-corrected chi connectivity index (χ2v) is 3.21. The molecule has 0 saturated heterocycles. The van der Waals surface area contributed by atoms with E-state index >= 15 is 0 Å². The fraction of sp³-hybridized carbons (Fsp3) is 0.455. The van der Waals surface area contributed by atoms with Crippen LogP contribution in [0, 0.1) is 0 Å². The standard InChI is InChI=1S/C11H17NO/c1-3-11(9-13,12-2)10-7-5-4-6-8-10/h4-8,12-13H,3,9H2,1-2H3/t11-/m1/s1. The fourth-order valence-corrected chi connectivity index (χ4v) is 1.56. The minimum atomic E-state index is -0.277. The van der Waals surface area contributed by atoms with Crippen molar-refractivity contribution in [3.05, 3.63) is 35.9 Å². The molecule has 0 fully saturated rings. The molecule has 0 heterocycles. The summed E-state index contributed by atoms with van der Waals surface area (Å²) in [4.78, 5) is 0. The van der Waals surface area contributed by atoms with Crippen molar-refractivity contribution in [1.82, 2.24) is 5.32 Å². The van der Waals surface area contributed by atoms with E-state index in [9.17, 15) is 5.11 Å². The van der Waals surface area contributed by atoms with Gasteiger partial charge < -0.3 is 10.4 Å². The van der Waals surface area contributed by atoms with E-state index in [1.54, 1.807) is 0 Å². The Hall–Kier alpha value is -0.860. The maximum absolute atomic E-state index is 9.37. The van der Waals surface area contributed by atoms with Crippen molar-refractivity contribution >= 4 is 0 Å². The maximum atomic E-state index is 9.37. The fourth-order valence-electron chi connectivity index (χ4n) is 1.56. The van der Waals surface area contributed by atoms with Gasteiger partial charge in [0.1, 0.15) is 0 Å². The first-order valence-electron chi connectivity index (χ1n) is 4.64. The van der Waals surface area contributed by atoms with Gasteiger partial charge in [-0.25, -0.2) is 0 Å². The summed E-state index contributed by atoms with van der Waals surface area (Å²) in [7, 11) is 1.88. The lowest BCUT2D eigenvalue weighted by atomic mass is 9.88. The first-order chi connectivity index (χ1) is 6.29. The van der Waals surface area contributed by atoms with Crippen LogP contribution in [0.4, 0.5) is 0 Å². The molecule has 13 heavy (non-hydrogen) atoms. The topological polar surface area (TPSA) is 32.3 Å². The van der Waals surface area contributed by atoms with Crippen molar-refractivity contribution in [1.29, 1.82) is 0 Å². The molecular weight excluding hydrogens is 162 g/mol. The Kier molecular flexibility index (Phi) is 3.46. The highest BCUT2D eigenvalue weighted by atomic mass is 16.3. The van der Waals surface area contributed by atoms with Crippen LogP contribution in [-0.2, 0) is 5.54 Å². The number of benzene rings is 1. The average Bonchev–Trinajstić information content (AvgIpc) is 2.23. The van der Waals surface area contributed by atoms with Gasteiger partial charge in [0, 0.05) is 0 Å². The van der Waals surface area contributed by atoms with Crippen LogP contribution in [0.15, 0.2) is 30.3 Å². The van der Waals surface area contributed by atoms with Gasteiger partial charge in [0.15, 0.2) is 0 Å². The molecule has 1 atom stereocenters. The van der Waals surface area contributed by atoms with Gasteiger partial charge in [-0.15, -0.1) is 0 Å². The van der Waals surface area contributed by atoms with Crippen molar-refractivity contribution in [2.24, 2.45) is 0 Å². The lowest BCUT2D eigenvalue weighted by Gasteiger charge is -2.30. The third-order valence-electron chi connectivity index (χ3n) is 2.68. The van der Waals surface area contributed by atoms with Gasteiger partial charge in [0.05, 0.1) is 12.1 Å². The molecule has 2 N–H and O–H groups in total. The normalized spacial score (nSPS) is 15.3. The van der Waals surface area contributed by atoms with Gasteiger partial charge in [-0.05, 0) is 19.0 Å². The van der Waals surface area contributed by atoms with Crippen LogP contribution in [0.5, 0.6) is 0 Å². The SMILES string of the molecule is CC[C@](CO)(NC)c1ccccc1. The van der Waals surface area contributed by atoms with E-state index in [-0.39, 0.29) is 12.1 Å². The number of rotatable bonds is 4. The zero-order valence-electron chi connectivity index (χ0n) is 8.25. The second-order valence-electron chi connectivity index (χ2n) is 3.21. The number of hydrogen-bond acceptors (Lipinski definition) is 2. The minimum Gasteiger partial charge on any atom is -0.394 e. The maximum Gasteiger partial charge on any atom is 0.0664 e. The van der Waals surface area contributed by atoms with Gasteiger partial charge >= 0.3 is 0 Å². The van der Waals surface area contributed by atoms with Crippen LogP contribution in [0.1, 0.15) is 18.9 Å². The molecule has 1 aromatic carbocycles. The Balaban J connectivity index is 3.01. The van der Waals surface area contributed by atoms with Crippen LogP contribution in [0.25, 0.3) is 0 Å². The van der Waals surface area contributed by atoms with Crippen LogP contribution in [-0.4, -0.2) is 18.8 Å². The molecule has 2 heteroatoms. The Morgan fingerprint density at radius 2 is 1.92 bits per heavy atom. The summed E-state index contributed by atoms with van der Waals surface area (Å²) in [6.07, 6.45) is 0.879. The lowest BCUT2D eigenvalue weighted by molar-refractivity contribution is 0.164. The third kappa shape index (κ3) is 1.90. The summed E-state index contributed by atoms with van der Waals surface area (Å²) in [5.41, 5.74) is 0.865. The highest BCUT2D eigenvalue weighted by Gasteiger charge is 2.26. The highest BCUT2D eigenvalue weighted by molar-refractivity contribution is 5.24. The van der Waals surface area contributed by atoms with E-state index in [0.717, 1.165) is 12.0 Å². The van der Waals surface area contributed by atoms with Crippen LogP contribution >= 0.6 is 0 Å². The van der Waals surface area contributed by atoms with Crippen molar-refractivity contribution in [3.8, 4) is 0 Å². The van der Waals surface area contributed by atoms with Crippen molar-refractivity contribution in [3.63, 3.8) is 0 Å².